The zero-order chi connectivity index (χ0) is 9.42. The Hall–Kier alpha value is -0.820. The fraction of sp³-hybridized carbons (Fsp3) is 0.500. The standard InChI is InChI=1S/C12H17N/c1-8-6-7-11(9(2)13)12-5-3-4-10(8)12/h6-7,9H,3-5,13H2,1-2H3/t9-/m0/s1. The molecule has 0 aliphatic heterocycles. The third-order valence-corrected chi connectivity index (χ3v) is 3.05. The number of hydrogen-bond donors (Lipinski definition) is 1. The van der Waals surface area contributed by atoms with Crippen molar-refractivity contribution in [3.05, 3.63) is 34.4 Å². The van der Waals surface area contributed by atoms with E-state index in [2.05, 4.69) is 26.0 Å². The van der Waals surface area contributed by atoms with Crippen molar-refractivity contribution in [3.8, 4) is 0 Å². The Morgan fingerprint density at radius 2 is 1.92 bits per heavy atom. The van der Waals surface area contributed by atoms with Gasteiger partial charge in [-0.05, 0) is 55.4 Å². The summed E-state index contributed by atoms with van der Waals surface area (Å²) < 4.78 is 0. The molecule has 0 bridgehead atoms. The van der Waals surface area contributed by atoms with Gasteiger partial charge in [0.2, 0.25) is 0 Å². The van der Waals surface area contributed by atoms with Crippen molar-refractivity contribution in [2.45, 2.75) is 39.2 Å². The van der Waals surface area contributed by atoms with Crippen LogP contribution < -0.4 is 5.73 Å². The molecule has 0 saturated carbocycles. The quantitative estimate of drug-likeness (QED) is 0.697. The van der Waals surface area contributed by atoms with Crippen LogP contribution in [-0.4, -0.2) is 0 Å². The molecule has 70 valence electrons. The summed E-state index contributed by atoms with van der Waals surface area (Å²) in [5, 5.41) is 0. The predicted octanol–water partition coefficient (Wildman–Crippen LogP) is 2.50. The van der Waals surface area contributed by atoms with Gasteiger partial charge in [-0.1, -0.05) is 12.1 Å². The second-order valence-electron chi connectivity index (χ2n) is 4.07. The largest absolute Gasteiger partial charge is 0.324 e. The summed E-state index contributed by atoms with van der Waals surface area (Å²) in [5.41, 5.74) is 11.8. The first-order valence-corrected chi connectivity index (χ1v) is 5.07. The van der Waals surface area contributed by atoms with Crippen LogP contribution in [0, 0.1) is 6.92 Å². The number of hydrogen-bond acceptors (Lipinski definition) is 1. The molecule has 2 rings (SSSR count). The molecule has 1 atom stereocenters. The number of benzene rings is 1. The van der Waals surface area contributed by atoms with Crippen LogP contribution in [0.1, 0.15) is 41.6 Å². The van der Waals surface area contributed by atoms with Gasteiger partial charge < -0.3 is 5.73 Å². The number of rotatable bonds is 1. The van der Waals surface area contributed by atoms with E-state index in [0.717, 1.165) is 0 Å². The van der Waals surface area contributed by atoms with Crippen LogP contribution in [0.25, 0.3) is 0 Å². The molecule has 2 N–H and O–H groups in total. The normalized spacial score (nSPS) is 17.2. The fourth-order valence-corrected chi connectivity index (χ4v) is 2.34. The Bertz CT molecular complexity index is 326. The first kappa shape index (κ1) is 8.76. The van der Waals surface area contributed by atoms with Gasteiger partial charge in [0, 0.05) is 6.04 Å². The summed E-state index contributed by atoms with van der Waals surface area (Å²) in [6.45, 7) is 4.28. The molecule has 1 aliphatic carbocycles. The molecule has 0 saturated heterocycles. The van der Waals surface area contributed by atoms with E-state index in [4.69, 9.17) is 5.73 Å². The Kier molecular flexibility index (Phi) is 2.12. The van der Waals surface area contributed by atoms with Crippen LogP contribution in [0.5, 0.6) is 0 Å². The third-order valence-electron chi connectivity index (χ3n) is 3.05. The van der Waals surface area contributed by atoms with Crippen LogP contribution in [0.15, 0.2) is 12.1 Å². The molecule has 1 nitrogen and oxygen atoms in total. The lowest BCUT2D eigenvalue weighted by molar-refractivity contribution is 0.799. The summed E-state index contributed by atoms with van der Waals surface area (Å²) in [5.74, 6) is 0. The third kappa shape index (κ3) is 1.37. The number of nitrogens with two attached hydrogens (primary N) is 1. The summed E-state index contributed by atoms with van der Waals surface area (Å²) in [7, 11) is 0. The van der Waals surface area contributed by atoms with Gasteiger partial charge in [-0.2, -0.15) is 0 Å². The summed E-state index contributed by atoms with van der Waals surface area (Å²) >= 11 is 0. The van der Waals surface area contributed by atoms with Crippen LogP contribution in [0.2, 0.25) is 0 Å². The molecule has 0 unspecified atom stereocenters. The lowest BCUT2D eigenvalue weighted by Gasteiger charge is -2.13. The number of aryl methyl sites for hydroxylation is 1. The zero-order valence-corrected chi connectivity index (χ0v) is 8.43. The molecule has 0 spiro atoms. The van der Waals surface area contributed by atoms with Gasteiger partial charge in [-0.3, -0.25) is 0 Å². The Labute approximate surface area is 80.0 Å². The average molecular weight is 175 g/mol. The summed E-state index contributed by atoms with van der Waals surface area (Å²) in [4.78, 5) is 0. The highest BCUT2D eigenvalue weighted by molar-refractivity contribution is 5.44. The average Bonchev–Trinajstić information content (AvgIpc) is 2.53. The van der Waals surface area contributed by atoms with Gasteiger partial charge >= 0.3 is 0 Å². The molecule has 0 fully saturated rings. The number of fused-ring (bicyclic) bond motifs is 1. The van der Waals surface area contributed by atoms with Gasteiger partial charge in [0.15, 0.2) is 0 Å². The maximum absolute atomic E-state index is 5.94. The van der Waals surface area contributed by atoms with Gasteiger partial charge in [-0.15, -0.1) is 0 Å². The van der Waals surface area contributed by atoms with E-state index in [-0.39, 0.29) is 6.04 Å². The van der Waals surface area contributed by atoms with Crippen molar-refractivity contribution in [2.24, 2.45) is 5.73 Å². The van der Waals surface area contributed by atoms with E-state index >= 15 is 0 Å². The van der Waals surface area contributed by atoms with Crippen molar-refractivity contribution >= 4 is 0 Å². The lowest BCUT2D eigenvalue weighted by Crippen LogP contribution is -2.08. The van der Waals surface area contributed by atoms with E-state index in [0.29, 0.717) is 0 Å². The molecular weight excluding hydrogens is 158 g/mol. The first-order chi connectivity index (χ1) is 6.20. The Morgan fingerprint density at radius 3 is 2.62 bits per heavy atom. The Balaban J connectivity index is 2.56. The van der Waals surface area contributed by atoms with Gasteiger partial charge in [0.25, 0.3) is 0 Å². The molecule has 1 heteroatoms. The monoisotopic (exact) mass is 175 g/mol. The maximum Gasteiger partial charge on any atom is 0.0268 e. The van der Waals surface area contributed by atoms with Crippen LogP contribution in [0.4, 0.5) is 0 Å². The van der Waals surface area contributed by atoms with Gasteiger partial charge in [-0.25, -0.2) is 0 Å². The highest BCUT2D eigenvalue weighted by Crippen LogP contribution is 2.30. The summed E-state index contributed by atoms with van der Waals surface area (Å²) in [6.07, 6.45) is 3.79. The van der Waals surface area contributed by atoms with Gasteiger partial charge in [0.05, 0.1) is 0 Å². The SMILES string of the molecule is Cc1ccc([C@H](C)N)c2c1CCC2. The van der Waals surface area contributed by atoms with E-state index in [1.807, 2.05) is 0 Å². The van der Waals surface area contributed by atoms with E-state index in [1.165, 1.54) is 36.0 Å². The minimum Gasteiger partial charge on any atom is -0.324 e. The predicted molar refractivity (Wildman–Crippen MR) is 55.8 cm³/mol. The van der Waals surface area contributed by atoms with Crippen molar-refractivity contribution in [1.29, 1.82) is 0 Å². The summed E-state index contributed by atoms with van der Waals surface area (Å²) in [6, 6.07) is 4.60. The van der Waals surface area contributed by atoms with Gasteiger partial charge in [0.1, 0.15) is 0 Å². The fourth-order valence-electron chi connectivity index (χ4n) is 2.34. The molecule has 13 heavy (non-hydrogen) atoms. The topological polar surface area (TPSA) is 26.0 Å². The highest BCUT2D eigenvalue weighted by Gasteiger charge is 2.17. The molecule has 1 aliphatic rings. The van der Waals surface area contributed by atoms with Crippen molar-refractivity contribution in [3.63, 3.8) is 0 Å². The minimum atomic E-state index is 0.187. The lowest BCUT2D eigenvalue weighted by atomic mass is 9.95. The Morgan fingerprint density at radius 1 is 1.23 bits per heavy atom. The molecule has 0 heterocycles. The molecule has 0 amide bonds. The second-order valence-corrected chi connectivity index (χ2v) is 4.07. The second kappa shape index (κ2) is 3.15. The van der Waals surface area contributed by atoms with E-state index < -0.39 is 0 Å². The first-order valence-electron chi connectivity index (χ1n) is 5.07. The van der Waals surface area contributed by atoms with Crippen LogP contribution >= 0.6 is 0 Å². The molecule has 0 radical (unpaired) electrons. The minimum absolute atomic E-state index is 0.187. The van der Waals surface area contributed by atoms with Crippen molar-refractivity contribution in [1.82, 2.24) is 0 Å². The highest BCUT2D eigenvalue weighted by atomic mass is 14.6. The zero-order valence-electron chi connectivity index (χ0n) is 8.43. The van der Waals surface area contributed by atoms with Crippen molar-refractivity contribution < 1.29 is 0 Å². The molecule has 1 aromatic rings. The van der Waals surface area contributed by atoms with E-state index in [1.54, 1.807) is 5.56 Å². The van der Waals surface area contributed by atoms with Crippen LogP contribution in [0.3, 0.4) is 0 Å². The molecule has 0 aromatic heterocycles. The van der Waals surface area contributed by atoms with E-state index in [9.17, 15) is 0 Å². The van der Waals surface area contributed by atoms with Crippen LogP contribution in [-0.2, 0) is 12.8 Å². The smallest absolute Gasteiger partial charge is 0.0268 e. The maximum atomic E-state index is 5.94. The molecular formula is C12H17N. The van der Waals surface area contributed by atoms with Crippen molar-refractivity contribution in [2.75, 3.05) is 0 Å². The molecule has 1 aromatic carbocycles.